The van der Waals surface area contributed by atoms with E-state index in [0.29, 0.717) is 35.9 Å². The molecule has 3 aromatic rings. The molecule has 0 N–H and O–H groups in total. The highest BCUT2D eigenvalue weighted by Gasteiger charge is 2.20. The predicted molar refractivity (Wildman–Crippen MR) is 121 cm³/mol. The van der Waals surface area contributed by atoms with E-state index in [1.807, 2.05) is 55.5 Å². The zero-order chi connectivity index (χ0) is 22.2. The molecule has 0 atom stereocenters. The average molecular weight is 415 g/mol. The highest BCUT2D eigenvalue weighted by Crippen LogP contribution is 2.25. The molecule has 0 saturated carbocycles. The van der Waals surface area contributed by atoms with Crippen LogP contribution in [0.5, 0.6) is 0 Å². The molecule has 1 heterocycles. The number of aryl methyl sites for hydroxylation is 1. The Morgan fingerprint density at radius 1 is 1.13 bits per heavy atom. The van der Waals surface area contributed by atoms with Crippen LogP contribution in [0.15, 0.2) is 54.7 Å². The summed E-state index contributed by atoms with van der Waals surface area (Å²) in [5.41, 5.74) is 4.02. The fraction of sp³-hybridized carbons (Fsp3) is 0.280. The Morgan fingerprint density at radius 2 is 1.87 bits per heavy atom. The summed E-state index contributed by atoms with van der Waals surface area (Å²) < 4.78 is 5.20. The number of ether oxygens (including phenoxy) is 1. The summed E-state index contributed by atoms with van der Waals surface area (Å²) in [5, 5.41) is 9.36. The summed E-state index contributed by atoms with van der Waals surface area (Å²) in [6.45, 7) is 7.31. The van der Waals surface area contributed by atoms with Crippen LogP contribution < -0.4 is 4.90 Å². The van der Waals surface area contributed by atoms with E-state index in [-0.39, 0.29) is 0 Å². The van der Waals surface area contributed by atoms with Crippen LogP contribution in [0.4, 0.5) is 5.82 Å². The minimum absolute atomic E-state index is 0.297. The van der Waals surface area contributed by atoms with Crippen LogP contribution in [0.1, 0.15) is 47.6 Å². The number of esters is 1. The van der Waals surface area contributed by atoms with Gasteiger partial charge in [-0.2, -0.15) is 5.26 Å². The molecule has 0 unspecified atom stereocenters. The lowest BCUT2D eigenvalue weighted by Crippen LogP contribution is -2.27. The first kappa shape index (κ1) is 22.0. The molecule has 31 heavy (non-hydrogen) atoms. The van der Waals surface area contributed by atoms with Crippen LogP contribution in [-0.4, -0.2) is 29.1 Å². The number of carbonyl (C=O) groups excluding carboxylic acids is 1. The monoisotopic (exact) mass is 414 g/mol. The average Bonchev–Trinajstić information content (AvgIpc) is 2.79. The number of hydrogen-bond acceptors (Lipinski definition) is 6. The summed E-state index contributed by atoms with van der Waals surface area (Å²) in [6, 6.07) is 17.9. The second-order valence-corrected chi connectivity index (χ2v) is 7.15. The summed E-state index contributed by atoms with van der Waals surface area (Å²) in [7, 11) is 0. The van der Waals surface area contributed by atoms with E-state index >= 15 is 0 Å². The fourth-order valence-electron chi connectivity index (χ4n) is 3.42. The molecule has 3 rings (SSSR count). The van der Waals surface area contributed by atoms with E-state index in [0.717, 1.165) is 29.7 Å². The van der Waals surface area contributed by atoms with Gasteiger partial charge in [0.05, 0.1) is 18.2 Å². The third-order valence-electron chi connectivity index (χ3n) is 4.86. The molecule has 1 aromatic heterocycles. The molecule has 6 heteroatoms. The van der Waals surface area contributed by atoms with Crippen molar-refractivity contribution in [2.75, 3.05) is 18.1 Å². The molecule has 0 spiro atoms. The lowest BCUT2D eigenvalue weighted by atomic mass is 9.99. The van der Waals surface area contributed by atoms with Gasteiger partial charge in [-0.05, 0) is 43.0 Å². The Kier molecular flexibility index (Phi) is 7.34. The van der Waals surface area contributed by atoms with Gasteiger partial charge in [0.15, 0.2) is 0 Å². The minimum atomic E-state index is -0.415. The number of hydrogen-bond donors (Lipinski definition) is 0. The van der Waals surface area contributed by atoms with E-state index in [9.17, 15) is 10.1 Å². The van der Waals surface area contributed by atoms with Gasteiger partial charge < -0.3 is 9.64 Å². The van der Waals surface area contributed by atoms with Gasteiger partial charge in [-0.15, -0.1) is 0 Å². The lowest BCUT2D eigenvalue weighted by molar-refractivity contribution is 0.0526. The van der Waals surface area contributed by atoms with Gasteiger partial charge in [0.1, 0.15) is 17.2 Å². The Hall–Kier alpha value is -3.72. The number of carbonyl (C=O) groups is 1. The highest BCUT2D eigenvalue weighted by molar-refractivity contribution is 5.94. The van der Waals surface area contributed by atoms with E-state index in [1.54, 1.807) is 13.1 Å². The van der Waals surface area contributed by atoms with Gasteiger partial charge in [-0.25, -0.2) is 14.8 Å². The summed E-state index contributed by atoms with van der Waals surface area (Å²) in [4.78, 5) is 23.3. The smallest absolute Gasteiger partial charge is 0.343 e. The van der Waals surface area contributed by atoms with Gasteiger partial charge in [0.2, 0.25) is 0 Å². The number of benzene rings is 2. The van der Waals surface area contributed by atoms with E-state index in [1.165, 1.54) is 0 Å². The second-order valence-electron chi connectivity index (χ2n) is 7.15. The number of nitrogens with zero attached hydrogens (tertiary/aromatic N) is 4. The lowest BCUT2D eigenvalue weighted by Gasteiger charge is -2.25. The molecule has 2 aromatic carbocycles. The molecule has 0 saturated heterocycles. The zero-order valence-corrected chi connectivity index (χ0v) is 18.1. The second kappa shape index (κ2) is 10.4. The summed E-state index contributed by atoms with van der Waals surface area (Å²) in [5.74, 6) is 0.779. The number of aromatic nitrogens is 2. The van der Waals surface area contributed by atoms with Crippen molar-refractivity contribution in [1.82, 2.24) is 9.97 Å². The zero-order valence-electron chi connectivity index (χ0n) is 18.1. The van der Waals surface area contributed by atoms with E-state index in [2.05, 4.69) is 27.9 Å². The first-order valence-electron chi connectivity index (χ1n) is 10.4. The van der Waals surface area contributed by atoms with Crippen LogP contribution >= 0.6 is 0 Å². The van der Waals surface area contributed by atoms with E-state index in [4.69, 9.17) is 4.74 Å². The highest BCUT2D eigenvalue weighted by atomic mass is 16.5. The SMILES string of the molecule is CCCN(Cc1ccc(-c2ccccc2C#N)cc1)c1nc(C)ncc1C(=O)OCC. The van der Waals surface area contributed by atoms with Crippen molar-refractivity contribution >= 4 is 11.8 Å². The topological polar surface area (TPSA) is 79.1 Å². The molecule has 6 nitrogen and oxygen atoms in total. The van der Waals surface area contributed by atoms with Crippen molar-refractivity contribution in [3.8, 4) is 17.2 Å². The summed E-state index contributed by atoms with van der Waals surface area (Å²) in [6.07, 6.45) is 2.44. The molecule has 0 bridgehead atoms. The molecule has 0 aliphatic carbocycles. The Balaban J connectivity index is 1.90. The maximum absolute atomic E-state index is 12.4. The van der Waals surface area contributed by atoms with Crippen molar-refractivity contribution in [3.63, 3.8) is 0 Å². The minimum Gasteiger partial charge on any atom is -0.462 e. The quantitative estimate of drug-likeness (QED) is 0.487. The fourth-order valence-corrected chi connectivity index (χ4v) is 3.42. The van der Waals surface area contributed by atoms with Crippen LogP contribution in [0.2, 0.25) is 0 Å². The van der Waals surface area contributed by atoms with Crippen molar-refractivity contribution in [2.45, 2.75) is 33.7 Å². The number of nitriles is 1. The van der Waals surface area contributed by atoms with Crippen LogP contribution in [0.3, 0.4) is 0 Å². The Bertz CT molecular complexity index is 1090. The predicted octanol–water partition coefficient (Wildman–Crippen LogP) is 4.92. The van der Waals surface area contributed by atoms with Crippen molar-refractivity contribution in [3.05, 3.63) is 77.2 Å². The standard InChI is InChI=1S/C25H26N4O2/c1-4-14-29(24-23(25(30)31-5-2)16-27-18(3)28-24)17-19-10-12-20(13-11-19)22-9-7-6-8-21(22)15-26/h6-13,16H,4-5,14,17H2,1-3H3. The largest absolute Gasteiger partial charge is 0.462 e. The van der Waals surface area contributed by atoms with Crippen molar-refractivity contribution in [2.24, 2.45) is 0 Å². The van der Waals surface area contributed by atoms with Crippen LogP contribution in [0.25, 0.3) is 11.1 Å². The Labute approximate surface area is 183 Å². The van der Waals surface area contributed by atoms with Gasteiger partial charge in [0, 0.05) is 19.3 Å². The number of anilines is 1. The van der Waals surface area contributed by atoms with E-state index < -0.39 is 5.97 Å². The molecule has 158 valence electrons. The first-order chi connectivity index (χ1) is 15.1. The van der Waals surface area contributed by atoms with Crippen molar-refractivity contribution in [1.29, 1.82) is 5.26 Å². The van der Waals surface area contributed by atoms with Gasteiger partial charge in [0.25, 0.3) is 0 Å². The first-order valence-corrected chi connectivity index (χ1v) is 10.4. The maximum Gasteiger partial charge on any atom is 0.343 e. The third-order valence-corrected chi connectivity index (χ3v) is 4.86. The molecule has 0 aliphatic rings. The van der Waals surface area contributed by atoms with Gasteiger partial charge >= 0.3 is 5.97 Å². The van der Waals surface area contributed by atoms with Gasteiger partial charge in [-0.3, -0.25) is 0 Å². The Morgan fingerprint density at radius 3 is 2.55 bits per heavy atom. The molecule has 0 amide bonds. The number of rotatable bonds is 8. The third kappa shape index (κ3) is 5.26. The van der Waals surface area contributed by atoms with Crippen molar-refractivity contribution < 1.29 is 9.53 Å². The molecule has 0 fully saturated rings. The van der Waals surface area contributed by atoms with Crippen LogP contribution in [0, 0.1) is 18.3 Å². The normalized spacial score (nSPS) is 10.4. The maximum atomic E-state index is 12.4. The molecule has 0 radical (unpaired) electrons. The molecular weight excluding hydrogens is 388 g/mol. The van der Waals surface area contributed by atoms with Gasteiger partial charge in [-0.1, -0.05) is 49.4 Å². The summed E-state index contributed by atoms with van der Waals surface area (Å²) >= 11 is 0. The van der Waals surface area contributed by atoms with Crippen LogP contribution in [-0.2, 0) is 11.3 Å². The molecule has 0 aliphatic heterocycles. The molecular formula is C25H26N4O2.